The zero-order chi connectivity index (χ0) is 8.77. The topological polar surface area (TPSA) is 12.0 Å². The minimum Gasteiger partial charge on any atom is -0.319 e. The van der Waals surface area contributed by atoms with Crippen LogP contribution >= 0.6 is 0 Å². The van der Waals surface area contributed by atoms with E-state index in [4.69, 9.17) is 0 Å². The third-order valence-electron chi connectivity index (χ3n) is 4.09. The average molecular weight is 167 g/mol. The highest BCUT2D eigenvalue weighted by atomic mass is 14.9. The molecule has 0 radical (unpaired) electrons. The van der Waals surface area contributed by atoms with E-state index in [1.54, 1.807) is 0 Å². The minimum atomic E-state index is 0.831. The molecule has 0 bridgehead atoms. The minimum absolute atomic E-state index is 0.831. The van der Waals surface area contributed by atoms with E-state index in [0.717, 1.165) is 23.2 Å². The van der Waals surface area contributed by atoms with Crippen molar-refractivity contribution in [3.05, 3.63) is 0 Å². The Morgan fingerprint density at radius 1 is 1.33 bits per heavy atom. The zero-order valence-electron chi connectivity index (χ0n) is 8.56. The van der Waals surface area contributed by atoms with Gasteiger partial charge in [-0.1, -0.05) is 13.8 Å². The van der Waals surface area contributed by atoms with Gasteiger partial charge in [0.15, 0.2) is 0 Å². The summed E-state index contributed by atoms with van der Waals surface area (Å²) in [5, 5.41) is 3.30. The lowest BCUT2D eigenvalue weighted by Crippen LogP contribution is -2.32. The average Bonchev–Trinajstić information content (AvgIpc) is 2.60. The summed E-state index contributed by atoms with van der Waals surface area (Å²) < 4.78 is 0. The van der Waals surface area contributed by atoms with Crippen LogP contribution in [-0.4, -0.2) is 13.6 Å². The molecule has 0 heterocycles. The van der Waals surface area contributed by atoms with Crippen molar-refractivity contribution in [3.63, 3.8) is 0 Å². The van der Waals surface area contributed by atoms with E-state index in [2.05, 4.69) is 26.2 Å². The van der Waals surface area contributed by atoms with Gasteiger partial charge < -0.3 is 5.32 Å². The molecule has 2 aliphatic rings. The largest absolute Gasteiger partial charge is 0.319 e. The van der Waals surface area contributed by atoms with Gasteiger partial charge in [-0.25, -0.2) is 0 Å². The maximum absolute atomic E-state index is 3.30. The van der Waals surface area contributed by atoms with E-state index in [1.807, 2.05) is 0 Å². The second-order valence-electron chi connectivity index (χ2n) is 5.23. The van der Waals surface area contributed by atoms with E-state index in [0.29, 0.717) is 0 Å². The number of rotatable bonds is 3. The monoisotopic (exact) mass is 167 g/mol. The Labute approximate surface area is 75.9 Å². The summed E-state index contributed by atoms with van der Waals surface area (Å²) in [5.41, 5.74) is 0.831. The van der Waals surface area contributed by atoms with Crippen molar-refractivity contribution in [2.75, 3.05) is 13.6 Å². The van der Waals surface area contributed by atoms with E-state index < -0.39 is 0 Å². The summed E-state index contributed by atoms with van der Waals surface area (Å²) in [5.74, 6) is 3.00. The zero-order valence-corrected chi connectivity index (χ0v) is 8.56. The summed E-state index contributed by atoms with van der Waals surface area (Å²) in [6.45, 7) is 5.99. The van der Waals surface area contributed by atoms with Crippen LogP contribution in [0.2, 0.25) is 0 Å². The van der Waals surface area contributed by atoms with Crippen molar-refractivity contribution in [1.29, 1.82) is 0 Å². The van der Waals surface area contributed by atoms with Gasteiger partial charge in [-0.3, -0.25) is 0 Å². The summed E-state index contributed by atoms with van der Waals surface area (Å²) in [6, 6.07) is 0. The first-order valence-electron chi connectivity index (χ1n) is 5.32. The van der Waals surface area contributed by atoms with Crippen LogP contribution in [0.4, 0.5) is 0 Å². The molecule has 12 heavy (non-hydrogen) atoms. The lowest BCUT2D eigenvalue weighted by Gasteiger charge is -2.40. The van der Waals surface area contributed by atoms with Crippen molar-refractivity contribution >= 4 is 0 Å². The van der Waals surface area contributed by atoms with E-state index in [1.165, 1.54) is 25.8 Å². The molecule has 1 nitrogen and oxygen atoms in total. The Kier molecular flexibility index (Phi) is 1.95. The van der Waals surface area contributed by atoms with Crippen molar-refractivity contribution in [2.45, 2.75) is 33.1 Å². The van der Waals surface area contributed by atoms with Crippen LogP contribution in [0.5, 0.6) is 0 Å². The first kappa shape index (κ1) is 8.55. The van der Waals surface area contributed by atoms with Gasteiger partial charge in [0.25, 0.3) is 0 Å². The molecule has 1 unspecified atom stereocenters. The molecule has 1 N–H and O–H groups in total. The predicted molar refractivity (Wildman–Crippen MR) is 52.0 cm³/mol. The van der Waals surface area contributed by atoms with Gasteiger partial charge in [-0.15, -0.1) is 0 Å². The van der Waals surface area contributed by atoms with Gasteiger partial charge >= 0.3 is 0 Å². The lowest BCUT2D eigenvalue weighted by atomic mass is 9.66. The standard InChI is InChI=1S/C11H21N/c1-8(2)9-4-11(5-9)6-10(11)7-12-3/h8-10,12H,4-7H2,1-3H3. The molecule has 2 saturated carbocycles. The van der Waals surface area contributed by atoms with Gasteiger partial charge in [-0.2, -0.15) is 0 Å². The van der Waals surface area contributed by atoms with Crippen LogP contribution in [-0.2, 0) is 0 Å². The number of hydrogen-bond donors (Lipinski definition) is 1. The number of nitrogens with one attached hydrogen (secondary N) is 1. The van der Waals surface area contributed by atoms with Crippen LogP contribution in [0, 0.1) is 23.2 Å². The first-order chi connectivity index (χ1) is 5.68. The molecule has 0 aromatic carbocycles. The van der Waals surface area contributed by atoms with Crippen LogP contribution < -0.4 is 5.32 Å². The van der Waals surface area contributed by atoms with Gasteiger partial charge in [0, 0.05) is 0 Å². The van der Waals surface area contributed by atoms with Gasteiger partial charge in [0.05, 0.1) is 0 Å². The molecule has 0 aromatic heterocycles. The molecule has 1 spiro atoms. The first-order valence-corrected chi connectivity index (χ1v) is 5.32. The Morgan fingerprint density at radius 2 is 2.00 bits per heavy atom. The summed E-state index contributed by atoms with van der Waals surface area (Å²) in [4.78, 5) is 0. The molecule has 2 fully saturated rings. The molecule has 2 aliphatic carbocycles. The Morgan fingerprint density at radius 3 is 2.50 bits per heavy atom. The summed E-state index contributed by atoms with van der Waals surface area (Å²) in [7, 11) is 2.07. The fraction of sp³-hybridized carbons (Fsp3) is 1.00. The highest BCUT2D eigenvalue weighted by Crippen LogP contribution is 2.68. The van der Waals surface area contributed by atoms with Crippen molar-refractivity contribution in [3.8, 4) is 0 Å². The van der Waals surface area contributed by atoms with Crippen molar-refractivity contribution in [2.24, 2.45) is 23.2 Å². The normalized spacial score (nSPS) is 45.0. The van der Waals surface area contributed by atoms with E-state index in [-0.39, 0.29) is 0 Å². The molecule has 1 atom stereocenters. The molecule has 1 heteroatoms. The maximum atomic E-state index is 3.30. The van der Waals surface area contributed by atoms with Crippen LogP contribution in [0.25, 0.3) is 0 Å². The fourth-order valence-corrected chi connectivity index (χ4v) is 2.92. The SMILES string of the molecule is CNCC1CC12CC(C(C)C)C2. The van der Waals surface area contributed by atoms with Crippen LogP contribution in [0.1, 0.15) is 33.1 Å². The second-order valence-corrected chi connectivity index (χ2v) is 5.23. The van der Waals surface area contributed by atoms with Gasteiger partial charge in [0.2, 0.25) is 0 Å². The highest BCUT2D eigenvalue weighted by Gasteiger charge is 2.60. The predicted octanol–water partition coefficient (Wildman–Crippen LogP) is 2.28. The molecule has 0 aromatic rings. The molecule has 0 amide bonds. The van der Waals surface area contributed by atoms with Crippen LogP contribution in [0.15, 0.2) is 0 Å². The number of hydrogen-bond acceptors (Lipinski definition) is 1. The second kappa shape index (κ2) is 2.73. The van der Waals surface area contributed by atoms with Gasteiger partial charge in [-0.05, 0) is 56.0 Å². The Hall–Kier alpha value is -0.0400. The smallest absolute Gasteiger partial charge is 0.00180 e. The molecular weight excluding hydrogens is 146 g/mol. The molecule has 70 valence electrons. The highest BCUT2D eigenvalue weighted by molar-refractivity contribution is 5.11. The van der Waals surface area contributed by atoms with Crippen LogP contribution in [0.3, 0.4) is 0 Å². The fourth-order valence-electron chi connectivity index (χ4n) is 2.92. The summed E-state index contributed by atoms with van der Waals surface area (Å²) >= 11 is 0. The lowest BCUT2D eigenvalue weighted by molar-refractivity contribution is 0.105. The molecule has 0 aliphatic heterocycles. The molecule has 2 rings (SSSR count). The quantitative estimate of drug-likeness (QED) is 0.680. The maximum Gasteiger partial charge on any atom is -0.00180 e. The van der Waals surface area contributed by atoms with E-state index in [9.17, 15) is 0 Å². The van der Waals surface area contributed by atoms with Crippen molar-refractivity contribution < 1.29 is 0 Å². The molecular formula is C11H21N. The summed E-state index contributed by atoms with van der Waals surface area (Å²) in [6.07, 6.45) is 4.56. The van der Waals surface area contributed by atoms with Crippen molar-refractivity contribution in [1.82, 2.24) is 5.32 Å². The Bertz CT molecular complexity index is 168. The third-order valence-corrected chi connectivity index (χ3v) is 4.09. The molecule has 0 saturated heterocycles. The van der Waals surface area contributed by atoms with Gasteiger partial charge in [0.1, 0.15) is 0 Å². The van der Waals surface area contributed by atoms with E-state index >= 15 is 0 Å². The Balaban J connectivity index is 1.75. The third kappa shape index (κ3) is 1.19.